The molecular weight excluding hydrogens is 444 g/mol. The van der Waals surface area contributed by atoms with Crippen molar-refractivity contribution < 1.29 is 24.2 Å². The third kappa shape index (κ3) is 5.04. The number of likely N-dealkylation sites (tertiary alicyclic amines) is 1. The number of carboxylic acid groups (broad SMARTS) is 1. The lowest BCUT2D eigenvalue weighted by atomic mass is 9.98. The number of hydrogen-bond acceptors (Lipinski definition) is 4. The van der Waals surface area contributed by atoms with Crippen molar-refractivity contribution >= 4 is 18.0 Å². The van der Waals surface area contributed by atoms with Gasteiger partial charge < -0.3 is 20.1 Å². The van der Waals surface area contributed by atoms with Crippen LogP contribution in [0.2, 0.25) is 0 Å². The van der Waals surface area contributed by atoms with E-state index >= 15 is 0 Å². The summed E-state index contributed by atoms with van der Waals surface area (Å²) in [6.07, 6.45) is 3.35. The quantitative estimate of drug-likeness (QED) is 0.617. The van der Waals surface area contributed by atoms with Crippen LogP contribution in [0, 0.1) is 11.8 Å². The summed E-state index contributed by atoms with van der Waals surface area (Å²) in [7, 11) is 0. The minimum atomic E-state index is -0.785. The van der Waals surface area contributed by atoms with Crippen LogP contribution in [0.25, 0.3) is 11.1 Å². The third-order valence-corrected chi connectivity index (χ3v) is 7.81. The third-order valence-electron chi connectivity index (χ3n) is 7.81. The molecule has 2 aromatic carbocycles. The molecule has 0 bridgehead atoms. The van der Waals surface area contributed by atoms with Gasteiger partial charge >= 0.3 is 12.1 Å². The SMILES string of the molecule is O=C(O)CCC1CCN(C(=O)C2CCC(NC(=O)OCC3c4ccccc4-c4ccccc43)C2)C1. The number of fused-ring (bicyclic) bond motifs is 3. The first-order valence-electron chi connectivity index (χ1n) is 12.6. The number of alkyl carbamates (subject to hydrolysis) is 1. The number of rotatable bonds is 7. The monoisotopic (exact) mass is 476 g/mol. The summed E-state index contributed by atoms with van der Waals surface area (Å²) in [5.41, 5.74) is 4.75. The Bertz CT molecular complexity index is 1070. The van der Waals surface area contributed by atoms with Crippen molar-refractivity contribution in [2.24, 2.45) is 11.8 Å². The summed E-state index contributed by atoms with van der Waals surface area (Å²) in [6.45, 7) is 1.62. The number of amides is 2. The Morgan fingerprint density at radius 2 is 1.66 bits per heavy atom. The van der Waals surface area contributed by atoms with Crippen molar-refractivity contribution in [3.05, 3.63) is 59.7 Å². The molecule has 1 saturated heterocycles. The number of carbonyl (C=O) groups excluding carboxylic acids is 2. The fourth-order valence-electron chi connectivity index (χ4n) is 6.00. The Morgan fingerprint density at radius 1 is 0.971 bits per heavy atom. The van der Waals surface area contributed by atoms with E-state index in [-0.39, 0.29) is 42.7 Å². The van der Waals surface area contributed by atoms with Gasteiger partial charge in [0.25, 0.3) is 0 Å². The average molecular weight is 477 g/mol. The highest BCUT2D eigenvalue weighted by Gasteiger charge is 2.36. The van der Waals surface area contributed by atoms with Crippen molar-refractivity contribution in [2.45, 2.75) is 50.5 Å². The number of aliphatic carboxylic acids is 1. The predicted octanol–water partition coefficient (Wildman–Crippen LogP) is 4.41. The van der Waals surface area contributed by atoms with Crippen molar-refractivity contribution in [1.29, 1.82) is 0 Å². The molecule has 35 heavy (non-hydrogen) atoms. The second kappa shape index (κ2) is 10.1. The molecule has 1 saturated carbocycles. The van der Waals surface area contributed by atoms with Crippen LogP contribution >= 0.6 is 0 Å². The molecule has 184 valence electrons. The number of carboxylic acids is 1. The lowest BCUT2D eigenvalue weighted by Crippen LogP contribution is -2.37. The Balaban J connectivity index is 1.10. The van der Waals surface area contributed by atoms with Gasteiger partial charge in [-0.15, -0.1) is 0 Å². The smallest absolute Gasteiger partial charge is 0.407 e. The highest BCUT2D eigenvalue weighted by molar-refractivity contribution is 5.80. The molecule has 1 heterocycles. The lowest BCUT2D eigenvalue weighted by Gasteiger charge is -2.21. The second-order valence-electron chi connectivity index (χ2n) is 10.0. The van der Waals surface area contributed by atoms with E-state index < -0.39 is 12.1 Å². The Kier molecular flexibility index (Phi) is 6.75. The Hall–Kier alpha value is -3.35. The molecule has 2 aliphatic carbocycles. The Morgan fingerprint density at radius 3 is 2.34 bits per heavy atom. The van der Waals surface area contributed by atoms with Crippen molar-refractivity contribution in [3.63, 3.8) is 0 Å². The highest BCUT2D eigenvalue weighted by Crippen LogP contribution is 2.44. The van der Waals surface area contributed by atoms with E-state index in [4.69, 9.17) is 9.84 Å². The lowest BCUT2D eigenvalue weighted by molar-refractivity contribution is -0.137. The topological polar surface area (TPSA) is 95.9 Å². The zero-order chi connectivity index (χ0) is 24.4. The molecule has 3 atom stereocenters. The summed E-state index contributed by atoms with van der Waals surface area (Å²) in [6, 6.07) is 16.4. The number of carbonyl (C=O) groups is 3. The minimum absolute atomic E-state index is 0.0234. The van der Waals surface area contributed by atoms with Crippen molar-refractivity contribution in [1.82, 2.24) is 10.2 Å². The molecule has 0 spiro atoms. The summed E-state index contributed by atoms with van der Waals surface area (Å²) < 4.78 is 5.66. The summed E-state index contributed by atoms with van der Waals surface area (Å²) in [5.74, 6) is -0.444. The molecule has 2 N–H and O–H groups in total. The molecule has 7 heteroatoms. The maximum atomic E-state index is 13.0. The van der Waals surface area contributed by atoms with Gasteiger partial charge in [0.15, 0.2) is 0 Å². The number of benzene rings is 2. The summed E-state index contributed by atoms with van der Waals surface area (Å²) >= 11 is 0. The van der Waals surface area contributed by atoms with E-state index in [1.165, 1.54) is 22.3 Å². The zero-order valence-corrected chi connectivity index (χ0v) is 19.8. The minimum Gasteiger partial charge on any atom is -0.481 e. The van der Waals surface area contributed by atoms with E-state index in [0.29, 0.717) is 25.9 Å². The van der Waals surface area contributed by atoms with Crippen LogP contribution in [0.3, 0.4) is 0 Å². The number of nitrogens with one attached hydrogen (secondary N) is 1. The van der Waals surface area contributed by atoms with Gasteiger partial charge in [0.2, 0.25) is 5.91 Å². The molecule has 2 fully saturated rings. The number of ether oxygens (including phenoxy) is 1. The van der Waals surface area contributed by atoms with Gasteiger partial charge in [0.1, 0.15) is 6.61 Å². The normalized spacial score (nSPS) is 23.1. The molecule has 3 aliphatic rings. The molecule has 0 radical (unpaired) electrons. The maximum Gasteiger partial charge on any atom is 0.407 e. The first kappa shape index (κ1) is 23.4. The van der Waals surface area contributed by atoms with Crippen LogP contribution in [0.5, 0.6) is 0 Å². The van der Waals surface area contributed by atoms with Gasteiger partial charge in [-0.25, -0.2) is 4.79 Å². The van der Waals surface area contributed by atoms with E-state index in [2.05, 4.69) is 29.6 Å². The zero-order valence-electron chi connectivity index (χ0n) is 19.8. The summed E-state index contributed by atoms with van der Waals surface area (Å²) in [4.78, 5) is 38.3. The molecule has 3 unspecified atom stereocenters. The van der Waals surface area contributed by atoms with Crippen LogP contribution in [0.15, 0.2) is 48.5 Å². The maximum absolute atomic E-state index is 13.0. The van der Waals surface area contributed by atoms with Crippen molar-refractivity contribution in [3.8, 4) is 11.1 Å². The molecule has 1 aliphatic heterocycles. The van der Waals surface area contributed by atoms with Gasteiger partial charge in [-0.05, 0) is 60.3 Å². The fourth-order valence-corrected chi connectivity index (χ4v) is 6.00. The van der Waals surface area contributed by atoms with Gasteiger partial charge in [0, 0.05) is 37.4 Å². The average Bonchev–Trinajstić information content (AvgIpc) is 3.59. The molecule has 5 rings (SSSR count). The standard InChI is InChI=1S/C28H32N2O5/c31-26(32)12-9-18-13-14-30(16-18)27(33)19-10-11-20(15-19)29-28(34)35-17-25-23-7-3-1-5-21(23)22-6-2-4-8-24(22)25/h1-8,18-20,25H,9-17H2,(H,29,34)(H,31,32). The molecule has 2 aromatic rings. The number of hydrogen-bond donors (Lipinski definition) is 2. The van der Waals surface area contributed by atoms with E-state index in [0.717, 1.165) is 19.3 Å². The van der Waals surface area contributed by atoms with Crippen LogP contribution in [0.1, 0.15) is 55.6 Å². The first-order valence-corrected chi connectivity index (χ1v) is 12.6. The fraction of sp³-hybridized carbons (Fsp3) is 0.464. The molecule has 7 nitrogen and oxygen atoms in total. The van der Waals surface area contributed by atoms with E-state index in [1.54, 1.807) is 0 Å². The number of nitrogens with zero attached hydrogens (tertiary/aromatic N) is 1. The summed E-state index contributed by atoms with van der Waals surface area (Å²) in [5, 5.41) is 11.9. The van der Waals surface area contributed by atoms with Crippen LogP contribution in [-0.2, 0) is 14.3 Å². The molecular formula is C28H32N2O5. The first-order chi connectivity index (χ1) is 17.0. The molecule has 0 aromatic heterocycles. The molecule has 2 amide bonds. The van der Waals surface area contributed by atoms with Crippen LogP contribution in [-0.4, -0.2) is 53.7 Å². The van der Waals surface area contributed by atoms with Crippen molar-refractivity contribution in [2.75, 3.05) is 19.7 Å². The van der Waals surface area contributed by atoms with Gasteiger partial charge in [-0.1, -0.05) is 48.5 Å². The van der Waals surface area contributed by atoms with Gasteiger partial charge in [-0.2, -0.15) is 0 Å². The van der Waals surface area contributed by atoms with Gasteiger partial charge in [0.05, 0.1) is 0 Å². The van der Waals surface area contributed by atoms with E-state index in [1.807, 2.05) is 29.2 Å². The van der Waals surface area contributed by atoms with Gasteiger partial charge in [-0.3, -0.25) is 9.59 Å². The van der Waals surface area contributed by atoms with Crippen LogP contribution < -0.4 is 5.32 Å². The Labute approximate surface area is 205 Å². The predicted molar refractivity (Wildman–Crippen MR) is 131 cm³/mol. The second-order valence-corrected chi connectivity index (χ2v) is 10.0. The largest absolute Gasteiger partial charge is 0.481 e. The van der Waals surface area contributed by atoms with E-state index in [9.17, 15) is 14.4 Å². The van der Waals surface area contributed by atoms with Crippen LogP contribution in [0.4, 0.5) is 4.79 Å². The highest BCUT2D eigenvalue weighted by atomic mass is 16.5.